The minimum Gasteiger partial charge on any atom is -0.337 e. The Bertz CT molecular complexity index is 375. The zero-order valence-corrected chi connectivity index (χ0v) is 10.4. The van der Waals surface area contributed by atoms with Crippen molar-refractivity contribution in [3.05, 3.63) is 21.9 Å². The number of carbonyl (C=O) groups is 1. The van der Waals surface area contributed by atoms with Gasteiger partial charge in [-0.1, -0.05) is 13.3 Å². The molecule has 1 aromatic heterocycles. The normalized spacial score (nSPS) is 17.0. The molecule has 88 valence electrons. The molecule has 0 saturated heterocycles. The van der Waals surface area contributed by atoms with Crippen LogP contribution in [0.1, 0.15) is 30.2 Å². The van der Waals surface area contributed by atoms with E-state index < -0.39 is 0 Å². The quantitative estimate of drug-likeness (QED) is 0.872. The van der Waals surface area contributed by atoms with Crippen LogP contribution in [0.4, 0.5) is 0 Å². The van der Waals surface area contributed by atoms with Gasteiger partial charge in [-0.2, -0.15) is 0 Å². The van der Waals surface area contributed by atoms with Crippen molar-refractivity contribution >= 4 is 17.2 Å². The Balaban J connectivity index is 2.00. The van der Waals surface area contributed by atoms with E-state index >= 15 is 0 Å². The zero-order valence-electron chi connectivity index (χ0n) is 9.61. The monoisotopic (exact) mass is 238 g/mol. The number of hydrogen-bond acceptors (Lipinski definition) is 3. The van der Waals surface area contributed by atoms with Gasteiger partial charge in [-0.15, -0.1) is 11.3 Å². The number of hydrogen-bond donors (Lipinski definition) is 1. The lowest BCUT2D eigenvalue weighted by atomic mass is 10.1. The first kappa shape index (κ1) is 11.6. The lowest BCUT2D eigenvalue weighted by Gasteiger charge is -2.29. The summed E-state index contributed by atoms with van der Waals surface area (Å²) in [5.41, 5.74) is 7.16. The second-order valence-corrected chi connectivity index (χ2v) is 5.27. The molecule has 2 rings (SSSR count). The molecule has 0 fully saturated rings. The van der Waals surface area contributed by atoms with Gasteiger partial charge >= 0.3 is 0 Å². The second-order valence-electron chi connectivity index (χ2n) is 4.27. The Hall–Kier alpha value is -0.870. The summed E-state index contributed by atoms with van der Waals surface area (Å²) in [7, 11) is 0. The van der Waals surface area contributed by atoms with E-state index in [1.807, 2.05) is 4.90 Å². The molecule has 0 aliphatic carbocycles. The Morgan fingerprint density at radius 2 is 2.50 bits per heavy atom. The van der Waals surface area contributed by atoms with Crippen molar-refractivity contribution in [2.45, 2.75) is 38.8 Å². The molecule has 0 unspecified atom stereocenters. The largest absolute Gasteiger partial charge is 0.337 e. The smallest absolute Gasteiger partial charge is 0.239 e. The van der Waals surface area contributed by atoms with Gasteiger partial charge in [0, 0.05) is 18.0 Å². The number of nitrogens with two attached hydrogens (primary N) is 1. The highest BCUT2D eigenvalue weighted by Crippen LogP contribution is 2.24. The van der Waals surface area contributed by atoms with Crippen LogP contribution in [0.3, 0.4) is 0 Å². The summed E-state index contributed by atoms with van der Waals surface area (Å²) in [5, 5.41) is 2.10. The number of thiophene rings is 1. The molecule has 2 heterocycles. The number of carbonyl (C=O) groups excluding carboxylic acids is 1. The lowest BCUT2D eigenvalue weighted by Crippen LogP contribution is -2.45. The van der Waals surface area contributed by atoms with Crippen LogP contribution >= 0.6 is 11.3 Å². The van der Waals surface area contributed by atoms with E-state index in [9.17, 15) is 4.79 Å². The zero-order chi connectivity index (χ0) is 11.5. The third kappa shape index (κ3) is 2.28. The average molecular weight is 238 g/mol. The Kier molecular flexibility index (Phi) is 3.61. The van der Waals surface area contributed by atoms with Crippen molar-refractivity contribution in [1.29, 1.82) is 0 Å². The lowest BCUT2D eigenvalue weighted by molar-refractivity contribution is -0.133. The summed E-state index contributed by atoms with van der Waals surface area (Å²) >= 11 is 1.79. The van der Waals surface area contributed by atoms with Gasteiger partial charge in [0.05, 0.1) is 6.04 Å². The fraction of sp³-hybridized carbons (Fsp3) is 0.583. The van der Waals surface area contributed by atoms with E-state index in [1.165, 1.54) is 10.4 Å². The first-order valence-electron chi connectivity index (χ1n) is 5.82. The predicted molar refractivity (Wildman–Crippen MR) is 66.3 cm³/mol. The molecule has 1 aromatic rings. The summed E-state index contributed by atoms with van der Waals surface area (Å²) in [4.78, 5) is 15.3. The van der Waals surface area contributed by atoms with Crippen molar-refractivity contribution in [2.75, 3.05) is 6.54 Å². The fourth-order valence-corrected chi connectivity index (χ4v) is 3.00. The van der Waals surface area contributed by atoms with Gasteiger partial charge in [0.2, 0.25) is 5.91 Å². The molecule has 0 aromatic carbocycles. The maximum Gasteiger partial charge on any atom is 0.239 e. The van der Waals surface area contributed by atoms with Crippen molar-refractivity contribution in [2.24, 2.45) is 5.73 Å². The van der Waals surface area contributed by atoms with Crippen LogP contribution in [0.2, 0.25) is 0 Å². The SMILES string of the molecule is CCC[C@@H](N)C(=O)N1CCc2sccc2C1. The molecule has 0 radical (unpaired) electrons. The molecule has 0 bridgehead atoms. The summed E-state index contributed by atoms with van der Waals surface area (Å²) in [5.74, 6) is 0.110. The van der Waals surface area contributed by atoms with Crippen molar-refractivity contribution in [3.63, 3.8) is 0 Å². The van der Waals surface area contributed by atoms with E-state index in [1.54, 1.807) is 11.3 Å². The molecular formula is C12H18N2OS. The highest BCUT2D eigenvalue weighted by Gasteiger charge is 2.24. The molecular weight excluding hydrogens is 220 g/mol. The van der Waals surface area contributed by atoms with E-state index in [2.05, 4.69) is 18.4 Å². The van der Waals surface area contributed by atoms with Gasteiger partial charge in [-0.05, 0) is 29.9 Å². The molecule has 1 atom stereocenters. The number of nitrogens with zero attached hydrogens (tertiary/aromatic N) is 1. The number of rotatable bonds is 3. The highest BCUT2D eigenvalue weighted by atomic mass is 32.1. The van der Waals surface area contributed by atoms with Gasteiger partial charge in [0.15, 0.2) is 0 Å². The van der Waals surface area contributed by atoms with Crippen LogP contribution in [-0.4, -0.2) is 23.4 Å². The van der Waals surface area contributed by atoms with E-state index in [-0.39, 0.29) is 11.9 Å². The molecule has 1 aliphatic rings. The standard InChI is InChI=1S/C12H18N2OS/c1-2-3-10(13)12(15)14-6-4-11-9(8-14)5-7-16-11/h5,7,10H,2-4,6,8,13H2,1H3/t10-/m1/s1. The summed E-state index contributed by atoms with van der Waals surface area (Å²) < 4.78 is 0. The maximum atomic E-state index is 12.0. The van der Waals surface area contributed by atoms with Crippen molar-refractivity contribution < 1.29 is 4.79 Å². The van der Waals surface area contributed by atoms with Gasteiger partial charge in [-0.25, -0.2) is 0 Å². The second kappa shape index (κ2) is 4.97. The van der Waals surface area contributed by atoms with Gasteiger partial charge in [-0.3, -0.25) is 4.79 Å². The summed E-state index contributed by atoms with van der Waals surface area (Å²) in [6, 6.07) is 1.80. The molecule has 1 amide bonds. The fourth-order valence-electron chi connectivity index (χ4n) is 2.11. The summed E-state index contributed by atoms with van der Waals surface area (Å²) in [6.45, 7) is 3.62. The third-order valence-corrected chi connectivity index (χ3v) is 4.06. The highest BCUT2D eigenvalue weighted by molar-refractivity contribution is 7.10. The van der Waals surface area contributed by atoms with Crippen molar-refractivity contribution in [1.82, 2.24) is 4.90 Å². The first-order chi connectivity index (χ1) is 7.72. The maximum absolute atomic E-state index is 12.0. The molecule has 0 spiro atoms. The number of amides is 1. The van der Waals surface area contributed by atoms with E-state index in [4.69, 9.17) is 5.73 Å². The first-order valence-corrected chi connectivity index (χ1v) is 6.70. The van der Waals surface area contributed by atoms with Gasteiger partial charge < -0.3 is 10.6 Å². The van der Waals surface area contributed by atoms with E-state index in [0.29, 0.717) is 0 Å². The molecule has 2 N–H and O–H groups in total. The van der Waals surface area contributed by atoms with Crippen LogP contribution < -0.4 is 5.73 Å². The Morgan fingerprint density at radius 1 is 1.69 bits per heavy atom. The van der Waals surface area contributed by atoms with Crippen LogP contribution in [0.5, 0.6) is 0 Å². The van der Waals surface area contributed by atoms with Gasteiger partial charge in [0.25, 0.3) is 0 Å². The van der Waals surface area contributed by atoms with E-state index in [0.717, 1.165) is 32.4 Å². The number of fused-ring (bicyclic) bond motifs is 1. The summed E-state index contributed by atoms with van der Waals surface area (Å²) in [6.07, 6.45) is 2.73. The van der Waals surface area contributed by atoms with Crippen molar-refractivity contribution in [3.8, 4) is 0 Å². The third-order valence-electron chi connectivity index (χ3n) is 3.04. The minimum atomic E-state index is -0.315. The Morgan fingerprint density at radius 3 is 3.25 bits per heavy atom. The Labute approximate surface area is 100 Å². The van der Waals surface area contributed by atoms with Crippen LogP contribution in [0.25, 0.3) is 0 Å². The molecule has 4 heteroatoms. The minimum absolute atomic E-state index is 0.110. The molecule has 0 saturated carbocycles. The van der Waals surface area contributed by atoms with Crippen LogP contribution in [-0.2, 0) is 17.8 Å². The average Bonchev–Trinajstić information content (AvgIpc) is 2.75. The van der Waals surface area contributed by atoms with Crippen LogP contribution in [0, 0.1) is 0 Å². The predicted octanol–water partition coefficient (Wildman–Crippen LogP) is 1.76. The topological polar surface area (TPSA) is 46.3 Å². The molecule has 16 heavy (non-hydrogen) atoms. The van der Waals surface area contributed by atoms with Gasteiger partial charge in [0.1, 0.15) is 0 Å². The molecule has 3 nitrogen and oxygen atoms in total. The molecule has 1 aliphatic heterocycles. The van der Waals surface area contributed by atoms with Crippen LogP contribution in [0.15, 0.2) is 11.4 Å².